The second-order valence-corrected chi connectivity index (χ2v) is 6.95. The first kappa shape index (κ1) is 19.0. The van der Waals surface area contributed by atoms with Crippen LogP contribution in [-0.4, -0.2) is 24.5 Å². The van der Waals surface area contributed by atoms with Gasteiger partial charge in [-0.3, -0.25) is 9.59 Å². The number of hydrogen-bond donors (Lipinski definition) is 1. The van der Waals surface area contributed by atoms with Gasteiger partial charge in [-0.2, -0.15) is 0 Å². The molecule has 5 nitrogen and oxygen atoms in total. The molecule has 0 unspecified atom stereocenters. The largest absolute Gasteiger partial charge is 0.481 e. The summed E-state index contributed by atoms with van der Waals surface area (Å²) in [5, 5.41) is 2.90. The van der Waals surface area contributed by atoms with E-state index in [4.69, 9.17) is 4.74 Å². The number of benzene rings is 2. The minimum atomic E-state index is -0.563. The fourth-order valence-corrected chi connectivity index (χ4v) is 3.14. The van der Waals surface area contributed by atoms with Crippen molar-refractivity contribution in [2.75, 3.05) is 16.8 Å². The molecule has 1 heterocycles. The lowest BCUT2D eigenvalue weighted by molar-refractivity contribution is -0.122. The third kappa shape index (κ3) is 4.48. The van der Waals surface area contributed by atoms with E-state index in [9.17, 15) is 9.59 Å². The van der Waals surface area contributed by atoms with Crippen molar-refractivity contribution < 1.29 is 14.3 Å². The van der Waals surface area contributed by atoms with Crippen LogP contribution in [0.1, 0.15) is 37.3 Å². The summed E-state index contributed by atoms with van der Waals surface area (Å²) in [5.41, 5.74) is 3.89. The summed E-state index contributed by atoms with van der Waals surface area (Å²) < 4.78 is 5.89. The molecule has 27 heavy (non-hydrogen) atoms. The zero-order valence-electron chi connectivity index (χ0n) is 16.1. The molecule has 3 rings (SSSR count). The number of aryl methyl sites for hydroxylation is 2. The van der Waals surface area contributed by atoms with Crippen LogP contribution in [0.5, 0.6) is 5.75 Å². The van der Waals surface area contributed by atoms with Gasteiger partial charge in [-0.05, 0) is 74.2 Å². The lowest BCUT2D eigenvalue weighted by Crippen LogP contribution is -2.32. The molecule has 2 aromatic carbocycles. The van der Waals surface area contributed by atoms with Crippen LogP contribution in [0.2, 0.25) is 0 Å². The number of carbonyl (C=O) groups excluding carboxylic acids is 2. The van der Waals surface area contributed by atoms with Gasteiger partial charge in [0, 0.05) is 24.3 Å². The highest BCUT2D eigenvalue weighted by atomic mass is 16.5. The highest BCUT2D eigenvalue weighted by Gasteiger charge is 2.22. The SMILES string of the molecule is CC[C@H](Oc1ccc(C)c(C)c1)C(=O)Nc1ccc(N2CCCC2=O)cc1. The topological polar surface area (TPSA) is 58.6 Å². The van der Waals surface area contributed by atoms with E-state index in [1.54, 1.807) is 4.90 Å². The summed E-state index contributed by atoms with van der Waals surface area (Å²) >= 11 is 0. The standard InChI is InChI=1S/C22H26N2O3/c1-4-20(27-19-12-7-15(2)16(3)14-19)22(26)23-17-8-10-18(11-9-17)24-13-5-6-21(24)25/h7-12,14,20H,4-6,13H2,1-3H3,(H,23,26)/t20-/m0/s1. The van der Waals surface area contributed by atoms with Gasteiger partial charge in [-0.1, -0.05) is 13.0 Å². The summed E-state index contributed by atoms with van der Waals surface area (Å²) in [6, 6.07) is 13.2. The Balaban J connectivity index is 1.63. The monoisotopic (exact) mass is 366 g/mol. The van der Waals surface area contributed by atoms with Gasteiger partial charge >= 0.3 is 0 Å². The first-order valence-electron chi connectivity index (χ1n) is 9.43. The van der Waals surface area contributed by atoms with Crippen molar-refractivity contribution in [1.82, 2.24) is 0 Å². The number of ether oxygens (including phenoxy) is 1. The third-order valence-electron chi connectivity index (χ3n) is 4.94. The summed E-state index contributed by atoms with van der Waals surface area (Å²) in [4.78, 5) is 26.2. The van der Waals surface area contributed by atoms with Crippen LogP contribution in [0.3, 0.4) is 0 Å². The van der Waals surface area contributed by atoms with Crippen molar-refractivity contribution in [3.05, 3.63) is 53.6 Å². The Hall–Kier alpha value is -2.82. The van der Waals surface area contributed by atoms with E-state index in [0.29, 0.717) is 24.3 Å². The Morgan fingerprint density at radius 3 is 2.48 bits per heavy atom. The van der Waals surface area contributed by atoms with E-state index in [1.165, 1.54) is 5.56 Å². The van der Waals surface area contributed by atoms with E-state index in [-0.39, 0.29) is 11.8 Å². The second kappa shape index (κ2) is 8.25. The third-order valence-corrected chi connectivity index (χ3v) is 4.94. The van der Waals surface area contributed by atoms with Crippen molar-refractivity contribution in [2.24, 2.45) is 0 Å². The van der Waals surface area contributed by atoms with Crippen LogP contribution in [0.15, 0.2) is 42.5 Å². The summed E-state index contributed by atoms with van der Waals surface area (Å²) in [6.07, 6.45) is 1.50. The van der Waals surface area contributed by atoms with Gasteiger partial charge in [0.05, 0.1) is 0 Å². The molecule has 0 aliphatic carbocycles. The smallest absolute Gasteiger partial charge is 0.265 e. The summed E-state index contributed by atoms with van der Waals surface area (Å²) in [7, 11) is 0. The zero-order valence-corrected chi connectivity index (χ0v) is 16.1. The van der Waals surface area contributed by atoms with Crippen molar-refractivity contribution in [3.63, 3.8) is 0 Å². The van der Waals surface area contributed by atoms with Crippen LogP contribution in [-0.2, 0) is 9.59 Å². The van der Waals surface area contributed by atoms with E-state index < -0.39 is 6.10 Å². The first-order chi connectivity index (χ1) is 13.0. The van der Waals surface area contributed by atoms with Crippen molar-refractivity contribution in [1.29, 1.82) is 0 Å². The molecule has 142 valence electrons. The first-order valence-corrected chi connectivity index (χ1v) is 9.43. The Bertz CT molecular complexity index is 830. The molecule has 1 aliphatic heterocycles. The maximum absolute atomic E-state index is 12.6. The second-order valence-electron chi connectivity index (χ2n) is 6.95. The minimum absolute atomic E-state index is 0.152. The van der Waals surface area contributed by atoms with Crippen LogP contribution >= 0.6 is 0 Å². The van der Waals surface area contributed by atoms with E-state index in [1.807, 2.05) is 63.2 Å². The van der Waals surface area contributed by atoms with Crippen LogP contribution in [0, 0.1) is 13.8 Å². The van der Waals surface area contributed by atoms with Crippen molar-refractivity contribution in [2.45, 2.75) is 46.1 Å². The van der Waals surface area contributed by atoms with E-state index in [2.05, 4.69) is 5.32 Å². The number of rotatable bonds is 6. The van der Waals surface area contributed by atoms with Crippen molar-refractivity contribution in [3.8, 4) is 5.75 Å². The number of hydrogen-bond acceptors (Lipinski definition) is 3. The fraction of sp³-hybridized carbons (Fsp3) is 0.364. The van der Waals surface area contributed by atoms with Crippen molar-refractivity contribution >= 4 is 23.2 Å². The fourth-order valence-electron chi connectivity index (χ4n) is 3.14. The van der Waals surface area contributed by atoms with Crippen LogP contribution in [0.25, 0.3) is 0 Å². The molecule has 0 spiro atoms. The lowest BCUT2D eigenvalue weighted by atomic mass is 10.1. The Kier molecular flexibility index (Phi) is 5.79. The molecule has 1 aliphatic rings. The van der Waals surface area contributed by atoms with Gasteiger partial charge < -0.3 is 15.0 Å². The number of anilines is 2. The molecule has 0 bridgehead atoms. The summed E-state index contributed by atoms with van der Waals surface area (Å²) in [5.74, 6) is 0.670. The minimum Gasteiger partial charge on any atom is -0.481 e. The molecule has 5 heteroatoms. The maximum Gasteiger partial charge on any atom is 0.265 e. The molecule has 0 radical (unpaired) electrons. The van der Waals surface area contributed by atoms with E-state index in [0.717, 1.165) is 24.2 Å². The van der Waals surface area contributed by atoms with Gasteiger partial charge in [0.1, 0.15) is 5.75 Å². The molecule has 0 saturated carbocycles. The highest BCUT2D eigenvalue weighted by Crippen LogP contribution is 2.24. The number of amides is 2. The average Bonchev–Trinajstić information content (AvgIpc) is 3.09. The molecule has 1 fully saturated rings. The average molecular weight is 366 g/mol. The molecule has 2 aromatic rings. The quantitative estimate of drug-likeness (QED) is 0.832. The van der Waals surface area contributed by atoms with E-state index >= 15 is 0 Å². The number of nitrogens with zero attached hydrogens (tertiary/aromatic N) is 1. The molecular formula is C22H26N2O3. The molecule has 1 N–H and O–H groups in total. The molecule has 0 aromatic heterocycles. The molecule has 1 saturated heterocycles. The maximum atomic E-state index is 12.6. The molecule has 1 atom stereocenters. The Morgan fingerprint density at radius 2 is 1.89 bits per heavy atom. The van der Waals surface area contributed by atoms with Gasteiger partial charge in [0.2, 0.25) is 5.91 Å². The Labute approximate surface area is 160 Å². The predicted octanol–water partition coefficient (Wildman–Crippen LogP) is 4.23. The highest BCUT2D eigenvalue weighted by molar-refractivity contribution is 5.97. The molecule has 2 amide bonds. The molecular weight excluding hydrogens is 340 g/mol. The zero-order chi connectivity index (χ0) is 19.4. The van der Waals surface area contributed by atoms with Crippen LogP contribution in [0.4, 0.5) is 11.4 Å². The number of nitrogens with one attached hydrogen (secondary N) is 1. The number of carbonyl (C=O) groups is 2. The Morgan fingerprint density at radius 1 is 1.15 bits per heavy atom. The van der Waals surface area contributed by atoms with Gasteiger partial charge in [-0.25, -0.2) is 0 Å². The lowest BCUT2D eigenvalue weighted by Gasteiger charge is -2.19. The van der Waals surface area contributed by atoms with Gasteiger partial charge in [-0.15, -0.1) is 0 Å². The normalized spacial score (nSPS) is 14.9. The van der Waals surface area contributed by atoms with Gasteiger partial charge in [0.25, 0.3) is 5.91 Å². The van der Waals surface area contributed by atoms with Gasteiger partial charge in [0.15, 0.2) is 6.10 Å². The predicted molar refractivity (Wildman–Crippen MR) is 107 cm³/mol. The summed E-state index contributed by atoms with van der Waals surface area (Å²) in [6.45, 7) is 6.75. The van der Waals surface area contributed by atoms with Crippen LogP contribution < -0.4 is 15.0 Å².